The second-order valence-electron chi connectivity index (χ2n) is 16.6. The van der Waals surface area contributed by atoms with Gasteiger partial charge in [-0.25, -0.2) is 4.79 Å². The maximum absolute atomic E-state index is 14.5. The van der Waals surface area contributed by atoms with Gasteiger partial charge in [0.1, 0.15) is 12.0 Å². The van der Waals surface area contributed by atoms with Crippen LogP contribution in [0.1, 0.15) is 90.4 Å². The molecule has 300 valence electrons. The van der Waals surface area contributed by atoms with Gasteiger partial charge in [-0.15, -0.1) is 0 Å². The van der Waals surface area contributed by atoms with Crippen LogP contribution in [-0.2, 0) is 33.3 Å². The maximum Gasteiger partial charge on any atom is 0.338 e. The van der Waals surface area contributed by atoms with Crippen molar-refractivity contribution in [1.82, 2.24) is 14.7 Å². The number of likely N-dealkylation sites (N-methyl/N-ethyl adjacent to an activating group) is 1. The first-order chi connectivity index (χ1) is 25.1. The number of aliphatic hydroxyl groups is 1. The van der Waals surface area contributed by atoms with Gasteiger partial charge < -0.3 is 38.6 Å². The van der Waals surface area contributed by atoms with Gasteiger partial charge in [0.2, 0.25) is 0 Å². The SMILES string of the molecule is CO[C@]1(C)C[C@@H](C)CN(CCO)[C@H](CCCN2CCCC2)COC(=O)C(C)(C)C(=O)[C@H](C)[C@H]1O[C@H]1O[C@H](C)C[C@@H](N(C)C)[C@H]1OC(=O)c1ccccc1. The number of likely N-dealkylation sites (tertiary alicyclic amines) is 1. The highest BCUT2D eigenvalue weighted by Crippen LogP contribution is 2.39. The molecule has 3 aliphatic heterocycles. The molecule has 0 aromatic heterocycles. The molecule has 1 aromatic carbocycles. The molecule has 4 rings (SSSR count). The Morgan fingerprint density at radius 3 is 2.34 bits per heavy atom. The molecule has 9 atom stereocenters. The number of methoxy groups -OCH3 is 1. The van der Waals surface area contributed by atoms with Crippen molar-refractivity contribution < 1.29 is 43.2 Å². The molecular formula is C41H67N3O9. The largest absolute Gasteiger partial charge is 0.463 e. The molecule has 0 bridgehead atoms. The summed E-state index contributed by atoms with van der Waals surface area (Å²) in [6, 6.07) is 8.44. The third-order valence-corrected chi connectivity index (χ3v) is 11.7. The lowest BCUT2D eigenvalue weighted by Gasteiger charge is -2.48. The number of benzene rings is 1. The lowest BCUT2D eigenvalue weighted by Crippen LogP contribution is -2.60. The molecule has 0 amide bonds. The van der Waals surface area contributed by atoms with Crippen LogP contribution < -0.4 is 0 Å². The zero-order valence-electron chi connectivity index (χ0n) is 33.8. The first kappa shape index (κ1) is 43.3. The number of hydrogen-bond donors (Lipinski definition) is 1. The minimum Gasteiger partial charge on any atom is -0.463 e. The summed E-state index contributed by atoms with van der Waals surface area (Å²) < 4.78 is 31.9. The maximum atomic E-state index is 14.5. The van der Waals surface area contributed by atoms with Crippen molar-refractivity contribution >= 4 is 17.7 Å². The summed E-state index contributed by atoms with van der Waals surface area (Å²) in [5.74, 6) is -2.26. The molecule has 0 saturated carbocycles. The van der Waals surface area contributed by atoms with E-state index in [1.54, 1.807) is 52.1 Å². The van der Waals surface area contributed by atoms with E-state index in [1.165, 1.54) is 12.8 Å². The Labute approximate surface area is 317 Å². The molecule has 12 heteroatoms. The number of β-amino-alcohol motifs (C(OH)–C–C–N with tert-alkyl or cyclic N) is 1. The van der Waals surface area contributed by atoms with Crippen molar-refractivity contribution in [2.75, 3.05) is 67.1 Å². The normalized spacial score (nSPS) is 33.9. The molecule has 1 N–H and O–H groups in total. The number of hydrogen-bond acceptors (Lipinski definition) is 12. The van der Waals surface area contributed by atoms with Crippen molar-refractivity contribution in [1.29, 1.82) is 0 Å². The predicted octanol–water partition coefficient (Wildman–Crippen LogP) is 4.42. The summed E-state index contributed by atoms with van der Waals surface area (Å²) in [5, 5.41) is 10.2. The van der Waals surface area contributed by atoms with E-state index < -0.39 is 47.4 Å². The number of aliphatic hydroxyl groups excluding tert-OH is 1. The average molecular weight is 746 g/mol. The molecule has 0 spiro atoms. The average Bonchev–Trinajstić information content (AvgIpc) is 3.65. The highest BCUT2D eigenvalue weighted by Gasteiger charge is 2.52. The first-order valence-electron chi connectivity index (χ1n) is 19.7. The molecule has 53 heavy (non-hydrogen) atoms. The third-order valence-electron chi connectivity index (χ3n) is 11.7. The second-order valence-corrected chi connectivity index (χ2v) is 16.6. The minimum absolute atomic E-state index is 0.0258. The first-order valence-corrected chi connectivity index (χ1v) is 19.7. The van der Waals surface area contributed by atoms with Crippen LogP contribution >= 0.6 is 0 Å². The van der Waals surface area contributed by atoms with Gasteiger partial charge in [-0.2, -0.15) is 0 Å². The van der Waals surface area contributed by atoms with Crippen molar-refractivity contribution in [3.63, 3.8) is 0 Å². The molecule has 0 radical (unpaired) electrons. The number of carbonyl (C=O) groups excluding carboxylic acids is 3. The van der Waals surface area contributed by atoms with Crippen LogP contribution in [0, 0.1) is 17.3 Å². The van der Waals surface area contributed by atoms with Gasteiger partial charge >= 0.3 is 11.9 Å². The summed E-state index contributed by atoms with van der Waals surface area (Å²) in [6.45, 7) is 15.3. The highest BCUT2D eigenvalue weighted by molar-refractivity contribution is 6.04. The van der Waals surface area contributed by atoms with Crippen LogP contribution in [0.25, 0.3) is 0 Å². The van der Waals surface area contributed by atoms with Gasteiger partial charge in [-0.3, -0.25) is 14.5 Å². The van der Waals surface area contributed by atoms with Crippen LogP contribution in [0.2, 0.25) is 0 Å². The van der Waals surface area contributed by atoms with Crippen molar-refractivity contribution in [3.05, 3.63) is 35.9 Å². The topological polar surface area (TPSA) is 127 Å². The standard InChI is InChI=1S/C41H67N3O9/c1-28-25-41(6,49-9)36(53-38-34(33(42(7)8)24-29(2)51-38)52-37(47)31-16-11-10-12-17-31)30(3)35(46)40(4,5)39(48)50-27-32(44(26-28)22-23-45)18-15-21-43-19-13-14-20-43/h10-12,16-17,28-30,32-34,36,38,45H,13-15,18-27H2,1-9H3/t28-,29-,30+,32-,33-,34-,36-,38-,41-/m1/s1. The molecular weight excluding hydrogens is 678 g/mol. The predicted molar refractivity (Wildman–Crippen MR) is 202 cm³/mol. The fourth-order valence-corrected chi connectivity index (χ4v) is 8.58. The van der Waals surface area contributed by atoms with E-state index >= 15 is 0 Å². The molecule has 0 unspecified atom stereocenters. The van der Waals surface area contributed by atoms with E-state index in [9.17, 15) is 19.5 Å². The van der Waals surface area contributed by atoms with Gasteiger partial charge in [0, 0.05) is 32.2 Å². The fraction of sp³-hybridized carbons (Fsp3) is 0.780. The molecule has 3 fully saturated rings. The fourth-order valence-electron chi connectivity index (χ4n) is 8.58. The number of ether oxygens (including phenoxy) is 5. The lowest BCUT2D eigenvalue weighted by atomic mass is 9.74. The Morgan fingerprint density at radius 1 is 1.04 bits per heavy atom. The number of carbonyl (C=O) groups is 3. The molecule has 1 aromatic rings. The summed E-state index contributed by atoms with van der Waals surface area (Å²) >= 11 is 0. The van der Waals surface area contributed by atoms with Gasteiger partial charge in [0.25, 0.3) is 0 Å². The molecule has 3 saturated heterocycles. The molecule has 3 aliphatic rings. The summed E-state index contributed by atoms with van der Waals surface area (Å²) in [7, 11) is 5.48. The van der Waals surface area contributed by atoms with E-state index in [1.807, 2.05) is 38.9 Å². The van der Waals surface area contributed by atoms with Crippen molar-refractivity contribution in [2.24, 2.45) is 17.3 Å². The summed E-state index contributed by atoms with van der Waals surface area (Å²) in [4.78, 5) is 48.6. The summed E-state index contributed by atoms with van der Waals surface area (Å²) in [5.41, 5.74) is -2.13. The second kappa shape index (κ2) is 19.4. The Morgan fingerprint density at radius 2 is 1.72 bits per heavy atom. The zero-order valence-corrected chi connectivity index (χ0v) is 33.8. The van der Waals surface area contributed by atoms with Crippen LogP contribution in [0.15, 0.2) is 30.3 Å². The van der Waals surface area contributed by atoms with E-state index in [0.29, 0.717) is 31.5 Å². The van der Waals surface area contributed by atoms with Gasteiger partial charge in [0.15, 0.2) is 18.2 Å². The van der Waals surface area contributed by atoms with E-state index in [4.69, 9.17) is 23.7 Å². The zero-order chi connectivity index (χ0) is 38.9. The third kappa shape index (κ3) is 11.1. The number of cyclic esters (lactones) is 1. The molecule has 3 heterocycles. The Hall–Kier alpha value is -2.45. The minimum atomic E-state index is -1.50. The van der Waals surface area contributed by atoms with Gasteiger partial charge in [-0.1, -0.05) is 32.0 Å². The molecule has 0 aliphatic carbocycles. The van der Waals surface area contributed by atoms with E-state index in [0.717, 1.165) is 32.5 Å². The Bertz CT molecular complexity index is 1320. The lowest BCUT2D eigenvalue weighted by molar-refractivity contribution is -0.295. The van der Waals surface area contributed by atoms with Crippen molar-refractivity contribution in [3.8, 4) is 0 Å². The molecule has 12 nitrogen and oxygen atoms in total. The van der Waals surface area contributed by atoms with Crippen LogP contribution in [-0.4, -0.2) is 147 Å². The monoisotopic (exact) mass is 745 g/mol. The number of nitrogens with zero attached hydrogens (tertiary/aromatic N) is 3. The van der Waals surface area contributed by atoms with E-state index in [-0.39, 0.29) is 43.1 Å². The number of Topliss-reactive ketones (excluding diaryl/α,β-unsaturated/α-hetero) is 1. The number of esters is 2. The van der Waals surface area contributed by atoms with Crippen LogP contribution in [0.4, 0.5) is 0 Å². The number of ketones is 1. The Balaban J connectivity index is 1.69. The smallest absolute Gasteiger partial charge is 0.338 e. The van der Waals surface area contributed by atoms with E-state index in [2.05, 4.69) is 16.7 Å². The number of rotatable bonds is 12. The van der Waals surface area contributed by atoms with Crippen LogP contribution in [0.3, 0.4) is 0 Å². The van der Waals surface area contributed by atoms with Gasteiger partial charge in [0.05, 0.1) is 36.0 Å². The van der Waals surface area contributed by atoms with Gasteiger partial charge in [-0.05, 0) is 118 Å². The Kier molecular flexibility index (Phi) is 15.9. The quantitative estimate of drug-likeness (QED) is 0.241. The van der Waals surface area contributed by atoms with Crippen molar-refractivity contribution in [2.45, 2.75) is 122 Å². The van der Waals surface area contributed by atoms with Crippen LogP contribution in [0.5, 0.6) is 0 Å². The highest BCUT2D eigenvalue weighted by atomic mass is 16.7. The summed E-state index contributed by atoms with van der Waals surface area (Å²) in [6.07, 6.45) is 2.24.